The first-order chi connectivity index (χ1) is 10.8. The van der Waals surface area contributed by atoms with Gasteiger partial charge < -0.3 is 10.1 Å². The number of H-pyrrole nitrogens is 1. The Hall–Kier alpha value is -1.66. The van der Waals surface area contributed by atoms with Crippen LogP contribution < -0.4 is 5.32 Å². The lowest BCUT2D eigenvalue weighted by Crippen LogP contribution is -2.32. The van der Waals surface area contributed by atoms with Gasteiger partial charge in [-0.3, -0.25) is 9.78 Å². The topological polar surface area (TPSA) is 67.8 Å². The Morgan fingerprint density at radius 3 is 3.09 bits per heavy atom. The summed E-state index contributed by atoms with van der Waals surface area (Å²) in [5.41, 5.74) is 2.31. The second-order valence-corrected chi connectivity index (χ2v) is 6.20. The molecule has 0 saturated carbocycles. The minimum Gasteiger partial charge on any atom is -0.372 e. The van der Waals surface area contributed by atoms with Crippen LogP contribution in [0.25, 0.3) is 0 Å². The molecule has 0 spiro atoms. The van der Waals surface area contributed by atoms with Gasteiger partial charge in [-0.2, -0.15) is 10.2 Å². The van der Waals surface area contributed by atoms with Crippen molar-refractivity contribution < 1.29 is 4.74 Å². The molecule has 2 N–H and O–H groups in total. The molecule has 0 bridgehead atoms. The van der Waals surface area contributed by atoms with Crippen LogP contribution >= 0.6 is 0 Å². The van der Waals surface area contributed by atoms with E-state index in [0.717, 1.165) is 31.8 Å². The SMILES string of the molecule is CC(C)n1nccc1CNC[C@@H]1CCCO[C@H]1c1ccn[nH]1. The van der Waals surface area contributed by atoms with E-state index in [0.29, 0.717) is 12.0 Å². The molecule has 0 aromatic carbocycles. The van der Waals surface area contributed by atoms with E-state index < -0.39 is 0 Å². The summed E-state index contributed by atoms with van der Waals surface area (Å²) in [5.74, 6) is 0.477. The molecule has 0 radical (unpaired) electrons. The van der Waals surface area contributed by atoms with Crippen LogP contribution in [0.3, 0.4) is 0 Å². The molecule has 3 heterocycles. The van der Waals surface area contributed by atoms with Crippen molar-refractivity contribution in [1.29, 1.82) is 0 Å². The molecule has 120 valence electrons. The summed E-state index contributed by atoms with van der Waals surface area (Å²) in [6.45, 7) is 6.91. The molecule has 0 aliphatic carbocycles. The summed E-state index contributed by atoms with van der Waals surface area (Å²) in [6.07, 6.45) is 6.09. The van der Waals surface area contributed by atoms with E-state index in [1.165, 1.54) is 12.1 Å². The number of ether oxygens (including phenoxy) is 1. The van der Waals surface area contributed by atoms with Gasteiger partial charge in [-0.15, -0.1) is 0 Å². The summed E-state index contributed by atoms with van der Waals surface area (Å²) >= 11 is 0. The van der Waals surface area contributed by atoms with Crippen molar-refractivity contribution in [2.24, 2.45) is 5.92 Å². The first kappa shape index (κ1) is 15.2. The monoisotopic (exact) mass is 303 g/mol. The zero-order chi connectivity index (χ0) is 15.4. The van der Waals surface area contributed by atoms with Crippen LogP contribution in [-0.4, -0.2) is 33.1 Å². The fourth-order valence-corrected chi connectivity index (χ4v) is 3.15. The lowest BCUT2D eigenvalue weighted by molar-refractivity contribution is -0.0304. The first-order valence-electron chi connectivity index (χ1n) is 8.09. The molecular formula is C16H25N5O. The van der Waals surface area contributed by atoms with Crippen molar-refractivity contribution >= 4 is 0 Å². The minimum atomic E-state index is 0.124. The number of hydrogen-bond acceptors (Lipinski definition) is 4. The van der Waals surface area contributed by atoms with Gasteiger partial charge in [0.25, 0.3) is 0 Å². The molecule has 1 fully saturated rings. The normalized spacial score (nSPS) is 22.3. The van der Waals surface area contributed by atoms with Gasteiger partial charge in [0.1, 0.15) is 6.10 Å². The van der Waals surface area contributed by atoms with Crippen molar-refractivity contribution in [1.82, 2.24) is 25.3 Å². The molecule has 2 aromatic heterocycles. The number of nitrogens with one attached hydrogen (secondary N) is 2. The third-order valence-electron chi connectivity index (χ3n) is 4.23. The maximum atomic E-state index is 5.96. The summed E-state index contributed by atoms with van der Waals surface area (Å²) in [5, 5.41) is 15.0. The van der Waals surface area contributed by atoms with Crippen molar-refractivity contribution in [2.45, 2.75) is 45.4 Å². The maximum absolute atomic E-state index is 5.96. The van der Waals surface area contributed by atoms with Gasteiger partial charge in [-0.25, -0.2) is 0 Å². The fourth-order valence-electron chi connectivity index (χ4n) is 3.15. The second-order valence-electron chi connectivity index (χ2n) is 6.20. The standard InChI is InChI=1S/C16H25N5O/c1-12(2)21-14(5-8-19-21)11-17-10-13-4-3-9-22-16(13)15-6-7-18-20-15/h5-8,12-13,16-17H,3-4,9-11H2,1-2H3,(H,18,20)/t13-,16+/m0/s1. The average molecular weight is 303 g/mol. The van der Waals surface area contributed by atoms with Crippen LogP contribution in [0.4, 0.5) is 0 Å². The third-order valence-corrected chi connectivity index (χ3v) is 4.23. The number of aromatic nitrogens is 4. The van der Waals surface area contributed by atoms with Crippen LogP contribution in [0.15, 0.2) is 24.5 Å². The quantitative estimate of drug-likeness (QED) is 0.860. The molecule has 2 atom stereocenters. The van der Waals surface area contributed by atoms with Crippen LogP contribution in [0.2, 0.25) is 0 Å². The van der Waals surface area contributed by atoms with E-state index >= 15 is 0 Å². The zero-order valence-electron chi connectivity index (χ0n) is 13.3. The molecule has 2 aromatic rings. The van der Waals surface area contributed by atoms with Crippen molar-refractivity contribution in [3.05, 3.63) is 35.9 Å². The van der Waals surface area contributed by atoms with E-state index in [1.54, 1.807) is 6.20 Å². The van der Waals surface area contributed by atoms with Gasteiger partial charge in [-0.05, 0) is 38.8 Å². The molecule has 3 rings (SSSR count). The van der Waals surface area contributed by atoms with Crippen LogP contribution in [0.5, 0.6) is 0 Å². The first-order valence-corrected chi connectivity index (χ1v) is 8.09. The van der Waals surface area contributed by atoms with Crippen molar-refractivity contribution in [3.8, 4) is 0 Å². The molecule has 6 heteroatoms. The van der Waals surface area contributed by atoms with Gasteiger partial charge in [0, 0.05) is 44.0 Å². The van der Waals surface area contributed by atoms with Gasteiger partial charge in [0.15, 0.2) is 0 Å². The highest BCUT2D eigenvalue weighted by Crippen LogP contribution is 2.32. The maximum Gasteiger partial charge on any atom is 0.103 e. The Balaban J connectivity index is 1.56. The predicted molar refractivity (Wildman–Crippen MR) is 84.3 cm³/mol. The number of rotatable bonds is 6. The highest BCUT2D eigenvalue weighted by atomic mass is 16.5. The second kappa shape index (κ2) is 7.07. The smallest absolute Gasteiger partial charge is 0.103 e. The van der Waals surface area contributed by atoms with E-state index in [2.05, 4.69) is 45.2 Å². The predicted octanol–water partition coefficient (Wildman–Crippen LogP) is 2.44. The van der Waals surface area contributed by atoms with Gasteiger partial charge >= 0.3 is 0 Å². The molecular weight excluding hydrogens is 278 g/mol. The number of aromatic amines is 1. The summed E-state index contributed by atoms with van der Waals surface area (Å²) in [7, 11) is 0. The third kappa shape index (κ3) is 3.39. The van der Waals surface area contributed by atoms with Gasteiger partial charge in [0.2, 0.25) is 0 Å². The number of nitrogens with zero attached hydrogens (tertiary/aromatic N) is 3. The zero-order valence-corrected chi connectivity index (χ0v) is 13.3. The van der Waals surface area contributed by atoms with Crippen molar-refractivity contribution in [3.63, 3.8) is 0 Å². The Kier molecular flexibility index (Phi) is 4.90. The Morgan fingerprint density at radius 1 is 1.41 bits per heavy atom. The average Bonchev–Trinajstić information content (AvgIpc) is 3.19. The molecule has 0 unspecified atom stereocenters. The van der Waals surface area contributed by atoms with E-state index in [9.17, 15) is 0 Å². The van der Waals surface area contributed by atoms with E-state index in [1.807, 2.05) is 12.3 Å². The van der Waals surface area contributed by atoms with Crippen molar-refractivity contribution in [2.75, 3.05) is 13.2 Å². The highest BCUT2D eigenvalue weighted by Gasteiger charge is 2.28. The summed E-state index contributed by atoms with van der Waals surface area (Å²) in [6, 6.07) is 4.48. The van der Waals surface area contributed by atoms with E-state index in [4.69, 9.17) is 4.74 Å². The number of hydrogen-bond donors (Lipinski definition) is 2. The largest absolute Gasteiger partial charge is 0.372 e. The van der Waals surface area contributed by atoms with E-state index in [-0.39, 0.29) is 6.10 Å². The van der Waals surface area contributed by atoms with Gasteiger partial charge in [0.05, 0.1) is 11.4 Å². The lowest BCUT2D eigenvalue weighted by Gasteiger charge is -2.31. The fraction of sp³-hybridized carbons (Fsp3) is 0.625. The highest BCUT2D eigenvalue weighted by molar-refractivity contribution is 5.05. The molecule has 0 amide bonds. The van der Waals surface area contributed by atoms with Gasteiger partial charge in [-0.1, -0.05) is 0 Å². The minimum absolute atomic E-state index is 0.124. The molecule has 1 saturated heterocycles. The summed E-state index contributed by atoms with van der Waals surface area (Å²) < 4.78 is 8.02. The van der Waals surface area contributed by atoms with Crippen LogP contribution in [0, 0.1) is 5.92 Å². The molecule has 22 heavy (non-hydrogen) atoms. The lowest BCUT2D eigenvalue weighted by atomic mass is 9.92. The molecule has 6 nitrogen and oxygen atoms in total. The van der Waals surface area contributed by atoms with Crippen LogP contribution in [-0.2, 0) is 11.3 Å². The van der Waals surface area contributed by atoms with Crippen LogP contribution in [0.1, 0.15) is 50.2 Å². The molecule has 1 aliphatic rings. The Bertz CT molecular complexity index is 563. The summed E-state index contributed by atoms with van der Waals surface area (Å²) in [4.78, 5) is 0. The Labute approximate surface area is 131 Å². The molecule has 1 aliphatic heterocycles. The Morgan fingerprint density at radius 2 is 2.32 bits per heavy atom.